The van der Waals surface area contributed by atoms with Gasteiger partial charge in [-0.3, -0.25) is 14.2 Å². The van der Waals surface area contributed by atoms with E-state index in [1.807, 2.05) is 6.07 Å². The molecule has 8 heteroatoms. The van der Waals surface area contributed by atoms with Crippen LogP contribution in [0.3, 0.4) is 0 Å². The van der Waals surface area contributed by atoms with Gasteiger partial charge >= 0.3 is 5.97 Å². The van der Waals surface area contributed by atoms with Crippen molar-refractivity contribution in [2.45, 2.75) is 31.7 Å². The Morgan fingerprint density at radius 3 is 3.04 bits per heavy atom. The molecule has 1 aliphatic carbocycles. The Hall–Kier alpha value is -2.24. The van der Waals surface area contributed by atoms with Crippen molar-refractivity contribution in [1.29, 1.82) is 5.26 Å². The quantitative estimate of drug-likeness (QED) is 0.884. The Labute approximate surface area is 135 Å². The standard InChI is InChI=1S/C15H15N3O4S/c1-22-7-4-10-17-13-12(14(19)18(10)6-5-16)11-8(15(20)21)2-3-9(11)23-13/h8H,2-4,6-7H2,1H3,(H,20,21). The summed E-state index contributed by atoms with van der Waals surface area (Å²) in [5.41, 5.74) is 0.272. The van der Waals surface area contributed by atoms with E-state index < -0.39 is 11.9 Å². The number of aryl methyl sites for hydroxylation is 1. The number of carboxylic acid groups (broad SMARTS) is 1. The lowest BCUT2D eigenvalue weighted by atomic mass is 10.0. The minimum absolute atomic E-state index is 0.108. The topological polar surface area (TPSA) is 105 Å². The van der Waals surface area contributed by atoms with E-state index in [2.05, 4.69) is 4.98 Å². The van der Waals surface area contributed by atoms with Crippen LogP contribution in [0.25, 0.3) is 10.2 Å². The van der Waals surface area contributed by atoms with Crippen molar-refractivity contribution in [3.05, 3.63) is 26.6 Å². The van der Waals surface area contributed by atoms with Crippen LogP contribution in [0.15, 0.2) is 4.79 Å². The fourth-order valence-corrected chi connectivity index (χ4v) is 4.29. The number of carbonyl (C=O) groups is 1. The summed E-state index contributed by atoms with van der Waals surface area (Å²) in [5, 5.41) is 18.7. The van der Waals surface area contributed by atoms with Crippen molar-refractivity contribution < 1.29 is 14.6 Å². The predicted octanol–water partition coefficient (Wildman–Crippen LogP) is 1.28. The van der Waals surface area contributed by atoms with Crippen LogP contribution < -0.4 is 5.56 Å². The number of nitrogens with zero attached hydrogens (tertiary/aromatic N) is 3. The second-order valence-corrected chi connectivity index (χ2v) is 6.45. The van der Waals surface area contributed by atoms with Gasteiger partial charge < -0.3 is 9.84 Å². The van der Waals surface area contributed by atoms with Gasteiger partial charge in [0.25, 0.3) is 5.56 Å². The molecule has 1 unspecified atom stereocenters. The number of aromatic nitrogens is 2. The number of thiophene rings is 1. The fraction of sp³-hybridized carbons (Fsp3) is 0.467. The molecule has 0 aromatic carbocycles. The molecule has 1 aliphatic rings. The van der Waals surface area contributed by atoms with E-state index in [0.717, 1.165) is 4.88 Å². The maximum absolute atomic E-state index is 12.8. The number of fused-ring (bicyclic) bond motifs is 3. The number of hydrogen-bond acceptors (Lipinski definition) is 6. The maximum Gasteiger partial charge on any atom is 0.311 e. The number of nitriles is 1. The maximum atomic E-state index is 12.8. The first-order valence-corrected chi connectivity index (χ1v) is 8.03. The molecule has 0 aliphatic heterocycles. The third-order valence-electron chi connectivity index (χ3n) is 4.07. The molecular formula is C15H15N3O4S. The zero-order valence-corrected chi connectivity index (χ0v) is 13.4. The van der Waals surface area contributed by atoms with Crippen molar-refractivity contribution >= 4 is 27.5 Å². The molecule has 23 heavy (non-hydrogen) atoms. The monoisotopic (exact) mass is 333 g/mol. The third-order valence-corrected chi connectivity index (χ3v) is 5.23. The zero-order valence-electron chi connectivity index (χ0n) is 12.5. The molecule has 1 N–H and O–H groups in total. The summed E-state index contributed by atoms with van der Waals surface area (Å²) >= 11 is 1.38. The van der Waals surface area contributed by atoms with Crippen LogP contribution in [0.4, 0.5) is 0 Å². The Morgan fingerprint density at radius 1 is 1.61 bits per heavy atom. The molecule has 0 fully saturated rings. The molecule has 0 spiro atoms. The minimum atomic E-state index is -0.918. The largest absolute Gasteiger partial charge is 0.481 e. The van der Waals surface area contributed by atoms with E-state index in [1.165, 1.54) is 15.9 Å². The van der Waals surface area contributed by atoms with Crippen molar-refractivity contribution in [3.8, 4) is 6.07 Å². The molecular weight excluding hydrogens is 318 g/mol. The van der Waals surface area contributed by atoms with Gasteiger partial charge in [-0.25, -0.2) is 4.98 Å². The highest BCUT2D eigenvalue weighted by molar-refractivity contribution is 7.18. The molecule has 7 nitrogen and oxygen atoms in total. The van der Waals surface area contributed by atoms with Gasteiger partial charge in [0.2, 0.25) is 0 Å². The SMILES string of the molecule is COCCc1nc2sc3c(c2c(=O)n1CC#N)C(C(=O)O)CC3. The molecule has 0 amide bonds. The van der Waals surface area contributed by atoms with Gasteiger partial charge in [0.15, 0.2) is 0 Å². The first-order chi connectivity index (χ1) is 11.1. The number of ether oxygens (including phenoxy) is 1. The lowest BCUT2D eigenvalue weighted by Crippen LogP contribution is -2.26. The van der Waals surface area contributed by atoms with E-state index in [9.17, 15) is 14.7 Å². The van der Waals surface area contributed by atoms with Gasteiger partial charge in [0.05, 0.1) is 24.0 Å². The predicted molar refractivity (Wildman–Crippen MR) is 83.8 cm³/mol. The van der Waals surface area contributed by atoms with Crippen LogP contribution in [0.2, 0.25) is 0 Å². The Kier molecular flexibility index (Phi) is 4.15. The van der Waals surface area contributed by atoms with Gasteiger partial charge in [-0.05, 0) is 18.4 Å². The van der Waals surface area contributed by atoms with Gasteiger partial charge in [0, 0.05) is 18.4 Å². The van der Waals surface area contributed by atoms with Gasteiger partial charge in [-0.2, -0.15) is 5.26 Å². The summed E-state index contributed by atoms with van der Waals surface area (Å²) in [6, 6.07) is 1.97. The Bertz CT molecular complexity index is 877. The van der Waals surface area contributed by atoms with E-state index in [0.29, 0.717) is 47.5 Å². The van der Waals surface area contributed by atoms with E-state index >= 15 is 0 Å². The van der Waals surface area contributed by atoms with Gasteiger partial charge in [0.1, 0.15) is 17.2 Å². The van der Waals surface area contributed by atoms with Crippen LogP contribution in [-0.4, -0.2) is 34.3 Å². The summed E-state index contributed by atoms with van der Waals surface area (Å²) in [5.74, 6) is -1.08. The molecule has 0 radical (unpaired) electrons. The normalized spacial score (nSPS) is 16.4. The van der Waals surface area contributed by atoms with E-state index in [4.69, 9.17) is 10.00 Å². The molecule has 2 aromatic rings. The smallest absolute Gasteiger partial charge is 0.311 e. The molecule has 2 heterocycles. The number of carboxylic acids is 1. The summed E-state index contributed by atoms with van der Waals surface area (Å²) in [4.78, 5) is 30.3. The van der Waals surface area contributed by atoms with Gasteiger partial charge in [-0.15, -0.1) is 11.3 Å². The molecule has 3 rings (SSSR count). The number of rotatable bonds is 5. The average Bonchev–Trinajstić information content (AvgIpc) is 3.06. The molecule has 120 valence electrons. The van der Waals surface area contributed by atoms with Crippen LogP contribution in [0.1, 0.15) is 28.6 Å². The molecule has 0 bridgehead atoms. The highest BCUT2D eigenvalue weighted by Gasteiger charge is 2.34. The van der Waals surface area contributed by atoms with Crippen LogP contribution in [-0.2, 0) is 28.9 Å². The molecule has 1 atom stereocenters. The molecule has 0 saturated heterocycles. The fourth-order valence-electron chi connectivity index (χ4n) is 3.03. The summed E-state index contributed by atoms with van der Waals surface area (Å²) < 4.78 is 6.35. The second-order valence-electron chi connectivity index (χ2n) is 5.37. The highest BCUT2D eigenvalue weighted by atomic mass is 32.1. The Balaban J connectivity index is 2.25. The minimum Gasteiger partial charge on any atom is -0.481 e. The van der Waals surface area contributed by atoms with Crippen molar-refractivity contribution in [2.75, 3.05) is 13.7 Å². The van der Waals surface area contributed by atoms with Gasteiger partial charge in [-0.1, -0.05) is 0 Å². The number of hydrogen-bond donors (Lipinski definition) is 1. The average molecular weight is 333 g/mol. The number of methoxy groups -OCH3 is 1. The van der Waals surface area contributed by atoms with Crippen LogP contribution >= 0.6 is 11.3 Å². The van der Waals surface area contributed by atoms with Crippen molar-refractivity contribution in [2.24, 2.45) is 0 Å². The lowest BCUT2D eigenvalue weighted by Gasteiger charge is -2.10. The highest BCUT2D eigenvalue weighted by Crippen LogP contribution is 2.42. The lowest BCUT2D eigenvalue weighted by molar-refractivity contribution is -0.138. The molecule has 2 aromatic heterocycles. The third kappa shape index (κ3) is 2.52. The van der Waals surface area contributed by atoms with Crippen LogP contribution in [0, 0.1) is 11.3 Å². The van der Waals surface area contributed by atoms with Crippen molar-refractivity contribution in [1.82, 2.24) is 9.55 Å². The van der Waals surface area contributed by atoms with Crippen molar-refractivity contribution in [3.63, 3.8) is 0 Å². The second kappa shape index (κ2) is 6.10. The summed E-state index contributed by atoms with van der Waals surface area (Å²) in [6.45, 7) is 0.287. The summed E-state index contributed by atoms with van der Waals surface area (Å²) in [6.07, 6.45) is 1.59. The van der Waals surface area contributed by atoms with E-state index in [-0.39, 0.29) is 12.1 Å². The van der Waals surface area contributed by atoms with E-state index in [1.54, 1.807) is 7.11 Å². The number of aliphatic carboxylic acids is 1. The zero-order chi connectivity index (χ0) is 16.6. The van der Waals surface area contributed by atoms with Crippen LogP contribution in [0.5, 0.6) is 0 Å². The first kappa shape index (κ1) is 15.6. The Morgan fingerprint density at radius 2 is 2.39 bits per heavy atom. The summed E-state index contributed by atoms with van der Waals surface area (Å²) in [7, 11) is 1.56. The first-order valence-electron chi connectivity index (χ1n) is 7.22. The molecule has 0 saturated carbocycles.